The van der Waals surface area contributed by atoms with Crippen LogP contribution in [0.4, 0.5) is 0 Å². The van der Waals surface area contributed by atoms with Crippen molar-refractivity contribution in [2.75, 3.05) is 0 Å². The second kappa shape index (κ2) is 9.33. The highest BCUT2D eigenvalue weighted by Gasteiger charge is 2.37. The summed E-state index contributed by atoms with van der Waals surface area (Å²) in [5.41, 5.74) is 3.71. The van der Waals surface area contributed by atoms with Gasteiger partial charge in [0.1, 0.15) is 4.32 Å². The van der Waals surface area contributed by atoms with E-state index in [0.29, 0.717) is 9.23 Å². The Bertz CT molecular complexity index is 1180. The lowest BCUT2D eigenvalue weighted by Crippen LogP contribution is -2.39. The van der Waals surface area contributed by atoms with Crippen LogP contribution in [-0.4, -0.2) is 30.9 Å². The molecular formula is C25H22BrN3OS2. The van der Waals surface area contributed by atoms with Gasteiger partial charge in [-0.15, -0.1) is 0 Å². The minimum atomic E-state index is 0.0288. The van der Waals surface area contributed by atoms with Gasteiger partial charge in [-0.05, 0) is 43.2 Å². The molecule has 2 fully saturated rings. The van der Waals surface area contributed by atoms with Crippen molar-refractivity contribution in [3.8, 4) is 16.9 Å². The number of carbonyl (C=O) groups excluding carboxylic acids is 1. The third-order valence-corrected chi connectivity index (χ3v) is 7.79. The summed E-state index contributed by atoms with van der Waals surface area (Å²) in [4.78, 5) is 15.8. The summed E-state index contributed by atoms with van der Waals surface area (Å²) in [6.07, 6.45) is 9.59. The highest BCUT2D eigenvalue weighted by atomic mass is 79.9. The number of aromatic nitrogens is 2. The Hall–Kier alpha value is -2.22. The maximum absolute atomic E-state index is 13.3. The molecular weight excluding hydrogens is 502 g/mol. The van der Waals surface area contributed by atoms with Crippen molar-refractivity contribution in [2.45, 2.75) is 38.1 Å². The minimum Gasteiger partial charge on any atom is -0.290 e. The molecule has 1 aromatic heterocycles. The Balaban J connectivity index is 1.54. The van der Waals surface area contributed by atoms with Gasteiger partial charge in [-0.1, -0.05) is 89.5 Å². The molecule has 7 heteroatoms. The second-order valence-corrected chi connectivity index (χ2v) is 10.7. The Morgan fingerprint density at radius 1 is 1.03 bits per heavy atom. The summed E-state index contributed by atoms with van der Waals surface area (Å²) < 4.78 is 3.55. The Labute approximate surface area is 205 Å². The number of thiocarbonyl (C=S) groups is 1. The molecule has 5 rings (SSSR count). The average molecular weight is 525 g/mol. The zero-order valence-corrected chi connectivity index (χ0v) is 20.6. The number of hydrogen-bond acceptors (Lipinski definition) is 4. The molecule has 4 nitrogen and oxygen atoms in total. The molecule has 0 spiro atoms. The van der Waals surface area contributed by atoms with Gasteiger partial charge in [0, 0.05) is 27.8 Å². The topological polar surface area (TPSA) is 38.1 Å². The molecule has 32 heavy (non-hydrogen) atoms. The van der Waals surface area contributed by atoms with Crippen LogP contribution < -0.4 is 0 Å². The van der Waals surface area contributed by atoms with Gasteiger partial charge in [-0.25, -0.2) is 4.68 Å². The monoisotopic (exact) mass is 523 g/mol. The highest BCUT2D eigenvalue weighted by molar-refractivity contribution is 9.10. The molecule has 0 bridgehead atoms. The van der Waals surface area contributed by atoms with E-state index < -0.39 is 0 Å². The number of hydrogen-bond donors (Lipinski definition) is 0. The van der Waals surface area contributed by atoms with E-state index in [1.54, 1.807) is 0 Å². The fraction of sp³-hybridized carbons (Fsp3) is 0.240. The first kappa shape index (κ1) is 21.6. The molecule has 2 heterocycles. The summed E-state index contributed by atoms with van der Waals surface area (Å²) in [6.45, 7) is 0. The largest absolute Gasteiger partial charge is 0.290 e. The van der Waals surface area contributed by atoms with Crippen LogP contribution in [0.3, 0.4) is 0 Å². The molecule has 0 radical (unpaired) electrons. The average Bonchev–Trinajstić information content (AvgIpc) is 3.36. The van der Waals surface area contributed by atoms with Crippen LogP contribution in [0.2, 0.25) is 0 Å². The van der Waals surface area contributed by atoms with Gasteiger partial charge < -0.3 is 0 Å². The first-order chi connectivity index (χ1) is 15.6. The molecule has 1 amide bonds. The smallest absolute Gasteiger partial charge is 0.266 e. The Morgan fingerprint density at radius 2 is 1.75 bits per heavy atom. The van der Waals surface area contributed by atoms with Gasteiger partial charge in [-0.2, -0.15) is 5.10 Å². The quantitative estimate of drug-likeness (QED) is 0.277. The third-order valence-electron chi connectivity index (χ3n) is 5.93. The van der Waals surface area contributed by atoms with E-state index in [0.717, 1.165) is 39.8 Å². The van der Waals surface area contributed by atoms with Gasteiger partial charge in [-0.3, -0.25) is 9.69 Å². The zero-order chi connectivity index (χ0) is 22.1. The number of amides is 1. The number of para-hydroxylation sites is 1. The molecule has 1 aliphatic heterocycles. The molecule has 1 aliphatic carbocycles. The maximum atomic E-state index is 13.3. The molecule has 2 aromatic carbocycles. The van der Waals surface area contributed by atoms with Crippen LogP contribution in [0.25, 0.3) is 23.0 Å². The van der Waals surface area contributed by atoms with Crippen molar-refractivity contribution >= 4 is 56.2 Å². The summed E-state index contributed by atoms with van der Waals surface area (Å²) in [7, 11) is 0. The Morgan fingerprint density at radius 3 is 2.47 bits per heavy atom. The number of benzene rings is 2. The van der Waals surface area contributed by atoms with Gasteiger partial charge in [0.2, 0.25) is 0 Å². The van der Waals surface area contributed by atoms with Gasteiger partial charge in [0.05, 0.1) is 16.3 Å². The molecule has 162 valence electrons. The lowest BCUT2D eigenvalue weighted by molar-refractivity contribution is -0.124. The zero-order valence-electron chi connectivity index (χ0n) is 17.4. The van der Waals surface area contributed by atoms with Crippen molar-refractivity contribution in [2.24, 2.45) is 0 Å². The molecule has 0 unspecified atom stereocenters. The van der Waals surface area contributed by atoms with Crippen LogP contribution in [0, 0.1) is 0 Å². The molecule has 2 aliphatic rings. The van der Waals surface area contributed by atoms with Gasteiger partial charge in [0.25, 0.3) is 5.91 Å². The van der Waals surface area contributed by atoms with E-state index in [4.69, 9.17) is 17.3 Å². The SMILES string of the molecule is O=C1C(=Cc2cn(-c3ccccc3)nc2-c2ccc(Br)cc2)SC(=S)N1C1CCCCC1. The van der Waals surface area contributed by atoms with Crippen LogP contribution in [0.5, 0.6) is 0 Å². The fourth-order valence-corrected chi connectivity index (χ4v) is 5.97. The van der Waals surface area contributed by atoms with Crippen LogP contribution in [-0.2, 0) is 4.79 Å². The van der Waals surface area contributed by atoms with Crippen LogP contribution in [0.15, 0.2) is 70.2 Å². The lowest BCUT2D eigenvalue weighted by Gasteiger charge is -2.29. The summed E-state index contributed by atoms with van der Waals surface area (Å²) in [5, 5.41) is 4.87. The summed E-state index contributed by atoms with van der Waals surface area (Å²) >= 11 is 10.5. The van der Waals surface area contributed by atoms with E-state index in [-0.39, 0.29) is 11.9 Å². The van der Waals surface area contributed by atoms with E-state index in [1.807, 2.05) is 76.5 Å². The van der Waals surface area contributed by atoms with Gasteiger partial charge >= 0.3 is 0 Å². The number of thioether (sulfide) groups is 1. The summed E-state index contributed by atoms with van der Waals surface area (Å²) in [5.74, 6) is 0.0288. The first-order valence-electron chi connectivity index (χ1n) is 10.8. The molecule has 0 atom stereocenters. The van der Waals surface area contributed by atoms with Crippen molar-refractivity contribution in [3.05, 3.63) is 75.7 Å². The second-order valence-electron chi connectivity index (χ2n) is 8.06. The molecule has 1 saturated carbocycles. The van der Waals surface area contributed by atoms with Crippen molar-refractivity contribution in [1.29, 1.82) is 0 Å². The third kappa shape index (κ3) is 4.34. The van der Waals surface area contributed by atoms with E-state index in [2.05, 4.69) is 15.9 Å². The number of carbonyl (C=O) groups is 1. The first-order valence-corrected chi connectivity index (χ1v) is 12.8. The predicted octanol–water partition coefficient (Wildman–Crippen LogP) is 6.84. The fourth-order valence-electron chi connectivity index (χ4n) is 4.31. The van der Waals surface area contributed by atoms with Gasteiger partial charge in [0.15, 0.2) is 0 Å². The normalized spacial score (nSPS) is 18.7. The molecule has 3 aromatic rings. The van der Waals surface area contributed by atoms with E-state index >= 15 is 0 Å². The minimum absolute atomic E-state index is 0.0288. The highest BCUT2D eigenvalue weighted by Crippen LogP contribution is 2.38. The van der Waals surface area contributed by atoms with Crippen molar-refractivity contribution in [3.63, 3.8) is 0 Å². The van der Waals surface area contributed by atoms with E-state index in [9.17, 15) is 4.79 Å². The van der Waals surface area contributed by atoms with Crippen molar-refractivity contribution in [1.82, 2.24) is 14.7 Å². The standard InChI is InChI=1S/C25H22BrN3OS2/c26-19-13-11-17(12-14-19)23-18(16-28(27-23)20-7-3-1-4-8-20)15-22-24(30)29(25(31)32-22)21-9-5-2-6-10-21/h1,3-4,7-8,11-16,21H,2,5-6,9-10H2. The Kier molecular flexibility index (Phi) is 6.31. The maximum Gasteiger partial charge on any atom is 0.266 e. The lowest BCUT2D eigenvalue weighted by atomic mass is 9.94. The molecule has 0 N–H and O–H groups in total. The number of rotatable bonds is 4. The number of nitrogens with zero attached hydrogens (tertiary/aromatic N) is 3. The van der Waals surface area contributed by atoms with Crippen LogP contribution in [0.1, 0.15) is 37.7 Å². The number of halogens is 1. The van der Waals surface area contributed by atoms with E-state index in [1.165, 1.54) is 31.0 Å². The molecule has 1 saturated heterocycles. The van der Waals surface area contributed by atoms with Crippen molar-refractivity contribution < 1.29 is 4.79 Å². The van der Waals surface area contributed by atoms with Crippen LogP contribution >= 0.6 is 39.9 Å². The summed E-state index contributed by atoms with van der Waals surface area (Å²) in [6, 6.07) is 18.3. The predicted molar refractivity (Wildman–Crippen MR) is 139 cm³/mol.